The summed E-state index contributed by atoms with van der Waals surface area (Å²) < 4.78 is 4.24. The number of rotatable bonds is 3. The van der Waals surface area contributed by atoms with Crippen molar-refractivity contribution in [3.63, 3.8) is 0 Å². The van der Waals surface area contributed by atoms with Crippen LogP contribution >= 0.6 is 11.6 Å². The maximum Gasteiger partial charge on any atom is 0.158 e. The molecule has 92 valence electrons. The molecule has 0 amide bonds. The molecule has 17 heavy (non-hydrogen) atoms. The number of hydrogen-bond donors (Lipinski definition) is 0. The number of aromatic nitrogens is 4. The highest BCUT2D eigenvalue weighted by Gasteiger charge is 2.31. The molecule has 1 atom stereocenters. The molecule has 2 aromatic rings. The van der Waals surface area contributed by atoms with E-state index >= 15 is 0 Å². The Morgan fingerprint density at radius 3 is 2.71 bits per heavy atom. The Labute approximate surface area is 106 Å². The number of hydrogen-bond acceptors (Lipinski definition) is 2. The predicted octanol–water partition coefficient (Wildman–Crippen LogP) is 2.97. The number of aryl methyl sites for hydroxylation is 2. The number of nitrogens with zero attached hydrogens (tertiary/aromatic N) is 4. The van der Waals surface area contributed by atoms with Crippen LogP contribution in [0.25, 0.3) is 11.2 Å². The first-order valence-corrected chi connectivity index (χ1v) is 6.64. The van der Waals surface area contributed by atoms with E-state index in [1.165, 1.54) is 12.8 Å². The maximum absolute atomic E-state index is 6.24. The number of halogens is 1. The molecule has 1 unspecified atom stereocenters. The summed E-state index contributed by atoms with van der Waals surface area (Å²) in [4.78, 5) is 4.71. The van der Waals surface area contributed by atoms with E-state index in [0.29, 0.717) is 6.04 Å². The highest BCUT2D eigenvalue weighted by Crippen LogP contribution is 2.41. The standard InChI is InChI=1S/C12H17ClN4/c1-4-9-10-12(16(3)15-9)17(8-5-6-8)11(14-10)7(2)13/h7-8H,4-6H2,1-3H3. The van der Waals surface area contributed by atoms with E-state index < -0.39 is 0 Å². The Morgan fingerprint density at radius 2 is 2.18 bits per heavy atom. The molecular weight excluding hydrogens is 236 g/mol. The quantitative estimate of drug-likeness (QED) is 0.788. The third-order valence-electron chi connectivity index (χ3n) is 3.37. The zero-order valence-corrected chi connectivity index (χ0v) is 11.2. The fourth-order valence-electron chi connectivity index (χ4n) is 2.43. The van der Waals surface area contributed by atoms with Gasteiger partial charge >= 0.3 is 0 Å². The van der Waals surface area contributed by atoms with Gasteiger partial charge in [0.1, 0.15) is 11.3 Å². The lowest BCUT2D eigenvalue weighted by Gasteiger charge is -2.09. The van der Waals surface area contributed by atoms with Crippen molar-refractivity contribution in [2.75, 3.05) is 0 Å². The number of alkyl halides is 1. The average Bonchev–Trinajstić information content (AvgIpc) is 2.96. The molecular formula is C12H17ClN4. The second kappa shape index (κ2) is 3.73. The highest BCUT2D eigenvalue weighted by atomic mass is 35.5. The Kier molecular flexibility index (Phi) is 2.43. The number of imidazole rings is 1. The molecule has 1 saturated carbocycles. The van der Waals surface area contributed by atoms with Crippen LogP contribution in [0.5, 0.6) is 0 Å². The smallest absolute Gasteiger partial charge is 0.158 e. The van der Waals surface area contributed by atoms with E-state index in [4.69, 9.17) is 16.6 Å². The molecule has 1 aliphatic carbocycles. The summed E-state index contributed by atoms with van der Waals surface area (Å²) in [7, 11) is 1.99. The van der Waals surface area contributed by atoms with Crippen LogP contribution in [0.15, 0.2) is 0 Å². The van der Waals surface area contributed by atoms with Gasteiger partial charge in [0.15, 0.2) is 5.65 Å². The molecule has 2 aromatic heterocycles. The zero-order chi connectivity index (χ0) is 12.2. The van der Waals surface area contributed by atoms with Crippen molar-refractivity contribution in [1.82, 2.24) is 19.3 Å². The van der Waals surface area contributed by atoms with Gasteiger partial charge in [-0.1, -0.05) is 6.92 Å². The molecule has 0 spiro atoms. The predicted molar refractivity (Wildman–Crippen MR) is 68.4 cm³/mol. The molecule has 0 aromatic carbocycles. The first-order valence-electron chi connectivity index (χ1n) is 6.21. The molecule has 3 rings (SSSR count). The van der Waals surface area contributed by atoms with Gasteiger partial charge in [-0.25, -0.2) is 4.98 Å². The SMILES string of the molecule is CCc1nn(C)c2c1nc(C(C)Cl)n2C1CC1. The monoisotopic (exact) mass is 252 g/mol. The van der Waals surface area contributed by atoms with Crippen LogP contribution in [0.2, 0.25) is 0 Å². The third-order valence-corrected chi connectivity index (χ3v) is 3.56. The van der Waals surface area contributed by atoms with Crippen LogP contribution in [0, 0.1) is 0 Å². The van der Waals surface area contributed by atoms with Crippen molar-refractivity contribution in [2.45, 2.75) is 44.5 Å². The number of fused-ring (bicyclic) bond motifs is 1. The molecule has 0 saturated heterocycles. The van der Waals surface area contributed by atoms with Gasteiger partial charge in [0.05, 0.1) is 11.1 Å². The van der Waals surface area contributed by atoms with Crippen LogP contribution < -0.4 is 0 Å². The Balaban J connectivity index is 2.31. The normalized spacial score (nSPS) is 17.9. The van der Waals surface area contributed by atoms with E-state index in [2.05, 4.69) is 16.6 Å². The molecule has 2 heterocycles. The lowest BCUT2D eigenvalue weighted by Crippen LogP contribution is -2.06. The molecule has 4 nitrogen and oxygen atoms in total. The van der Waals surface area contributed by atoms with Crippen LogP contribution in [0.1, 0.15) is 49.6 Å². The summed E-state index contributed by atoms with van der Waals surface area (Å²) in [6.45, 7) is 4.10. The molecule has 0 aliphatic heterocycles. The minimum absolute atomic E-state index is 0.0484. The van der Waals surface area contributed by atoms with Gasteiger partial charge in [0.2, 0.25) is 0 Å². The lowest BCUT2D eigenvalue weighted by molar-refractivity contribution is 0.656. The van der Waals surface area contributed by atoms with Crippen molar-refractivity contribution in [3.8, 4) is 0 Å². The highest BCUT2D eigenvalue weighted by molar-refractivity contribution is 6.20. The first kappa shape index (κ1) is 11.1. The van der Waals surface area contributed by atoms with Crippen LogP contribution in [0.3, 0.4) is 0 Å². The van der Waals surface area contributed by atoms with E-state index in [0.717, 1.165) is 29.1 Å². The largest absolute Gasteiger partial charge is 0.309 e. The summed E-state index contributed by atoms with van der Waals surface area (Å²) in [5.41, 5.74) is 3.23. The van der Waals surface area contributed by atoms with E-state index in [-0.39, 0.29) is 5.38 Å². The van der Waals surface area contributed by atoms with Gasteiger partial charge in [-0.05, 0) is 26.2 Å². The Bertz CT molecular complexity index is 563. The van der Waals surface area contributed by atoms with Crippen molar-refractivity contribution in [1.29, 1.82) is 0 Å². The van der Waals surface area contributed by atoms with Crippen molar-refractivity contribution in [2.24, 2.45) is 7.05 Å². The summed E-state index contributed by atoms with van der Waals surface area (Å²) >= 11 is 6.24. The van der Waals surface area contributed by atoms with E-state index in [1.54, 1.807) is 0 Å². The average molecular weight is 253 g/mol. The van der Waals surface area contributed by atoms with Gasteiger partial charge < -0.3 is 4.57 Å². The molecule has 5 heteroatoms. The molecule has 0 N–H and O–H groups in total. The fraction of sp³-hybridized carbons (Fsp3) is 0.667. The Hall–Kier alpha value is -1.03. The van der Waals surface area contributed by atoms with Gasteiger partial charge in [0.25, 0.3) is 0 Å². The molecule has 1 aliphatic rings. The van der Waals surface area contributed by atoms with Gasteiger partial charge in [0, 0.05) is 13.1 Å². The van der Waals surface area contributed by atoms with Crippen LogP contribution in [-0.2, 0) is 13.5 Å². The Morgan fingerprint density at radius 1 is 1.47 bits per heavy atom. The van der Waals surface area contributed by atoms with Crippen molar-refractivity contribution >= 4 is 22.8 Å². The topological polar surface area (TPSA) is 35.6 Å². The van der Waals surface area contributed by atoms with Gasteiger partial charge in [-0.3, -0.25) is 4.68 Å². The zero-order valence-electron chi connectivity index (χ0n) is 10.4. The van der Waals surface area contributed by atoms with E-state index in [9.17, 15) is 0 Å². The second-order valence-electron chi connectivity index (χ2n) is 4.78. The van der Waals surface area contributed by atoms with E-state index in [1.807, 2.05) is 18.7 Å². The fourth-order valence-corrected chi connectivity index (χ4v) is 2.58. The molecule has 0 bridgehead atoms. The summed E-state index contributed by atoms with van der Waals surface area (Å²) in [6, 6.07) is 0.580. The minimum Gasteiger partial charge on any atom is -0.309 e. The van der Waals surface area contributed by atoms with Gasteiger partial charge in [-0.15, -0.1) is 11.6 Å². The summed E-state index contributed by atoms with van der Waals surface area (Å²) in [5.74, 6) is 0.992. The van der Waals surface area contributed by atoms with Gasteiger partial charge in [-0.2, -0.15) is 5.10 Å². The minimum atomic E-state index is -0.0484. The first-order chi connectivity index (χ1) is 8.13. The van der Waals surface area contributed by atoms with Crippen LogP contribution in [-0.4, -0.2) is 19.3 Å². The summed E-state index contributed by atoms with van der Waals surface area (Å²) in [6.07, 6.45) is 3.37. The third kappa shape index (κ3) is 1.58. The summed E-state index contributed by atoms with van der Waals surface area (Å²) in [5, 5.41) is 4.48. The maximum atomic E-state index is 6.24. The molecule has 1 fully saturated rings. The molecule has 0 radical (unpaired) electrons. The van der Waals surface area contributed by atoms with Crippen LogP contribution in [0.4, 0.5) is 0 Å². The lowest BCUT2D eigenvalue weighted by atomic mass is 10.3. The second-order valence-corrected chi connectivity index (χ2v) is 5.44. The van der Waals surface area contributed by atoms with Crippen molar-refractivity contribution < 1.29 is 0 Å². The van der Waals surface area contributed by atoms with Crippen molar-refractivity contribution in [3.05, 3.63) is 11.5 Å².